The van der Waals surface area contributed by atoms with E-state index in [2.05, 4.69) is 166 Å². The molecule has 0 aliphatic heterocycles. The third-order valence-corrected chi connectivity index (χ3v) is 14.6. The normalized spacial score (nSPS) is 14.9. The van der Waals surface area contributed by atoms with E-state index >= 15 is 0 Å². The van der Waals surface area contributed by atoms with Crippen LogP contribution in [0.1, 0.15) is 127 Å². The molecule has 0 N–H and O–H groups in total. The van der Waals surface area contributed by atoms with Gasteiger partial charge in [0.1, 0.15) is 8.07 Å². The zero-order valence-electron chi connectivity index (χ0n) is 32.0. The van der Waals surface area contributed by atoms with E-state index in [1.165, 1.54) is 81.3 Å². The number of allylic oxidation sites excluding steroid dienone is 2. The van der Waals surface area contributed by atoms with E-state index in [0.717, 1.165) is 12.8 Å². The van der Waals surface area contributed by atoms with Gasteiger partial charge < -0.3 is 0 Å². The van der Waals surface area contributed by atoms with Gasteiger partial charge in [-0.15, -0.1) is 0 Å². The number of hydrogen-bond acceptors (Lipinski definition) is 0. The molecule has 0 fully saturated rings. The van der Waals surface area contributed by atoms with Crippen molar-refractivity contribution in [3.05, 3.63) is 142 Å². The number of fused-ring (bicyclic) bond motifs is 2. The van der Waals surface area contributed by atoms with Crippen LogP contribution in [-0.2, 0) is 10.8 Å². The van der Waals surface area contributed by atoms with Gasteiger partial charge in [0.05, 0.1) is 0 Å². The molecule has 0 aromatic heterocycles. The molecular formula is C48H58Si. The summed E-state index contributed by atoms with van der Waals surface area (Å²) < 4.78 is 0. The SMILES string of the molecule is CCCCC1=C([Si](C)(C)C2=C(CCCC)[CH]c3cccc(-c4ccc(C(C)(C)C)cc4)c32)c2c(cccc2-c2ccc(C(C)(C)C)cc2)[CH]1. The van der Waals surface area contributed by atoms with E-state index in [4.69, 9.17) is 0 Å². The van der Waals surface area contributed by atoms with Crippen LogP contribution in [0.15, 0.2) is 96.1 Å². The molecule has 4 aromatic rings. The lowest BCUT2D eigenvalue weighted by atomic mass is 9.86. The Morgan fingerprint density at radius 1 is 0.490 bits per heavy atom. The molecule has 0 spiro atoms. The molecule has 254 valence electrons. The van der Waals surface area contributed by atoms with E-state index in [1.54, 1.807) is 21.5 Å². The quantitative estimate of drug-likeness (QED) is 0.148. The van der Waals surface area contributed by atoms with Gasteiger partial charge in [-0.3, -0.25) is 0 Å². The predicted octanol–water partition coefficient (Wildman–Crippen LogP) is 14.1. The average molecular weight is 663 g/mol. The highest BCUT2D eigenvalue weighted by Crippen LogP contribution is 2.54. The third-order valence-electron chi connectivity index (χ3n) is 11.0. The second-order valence-electron chi connectivity index (χ2n) is 17.1. The lowest BCUT2D eigenvalue weighted by Crippen LogP contribution is -2.32. The maximum atomic E-state index is 2.67. The van der Waals surface area contributed by atoms with Gasteiger partial charge in [-0.25, -0.2) is 0 Å². The summed E-state index contributed by atoms with van der Waals surface area (Å²) in [6.07, 6.45) is 12.3. The zero-order valence-corrected chi connectivity index (χ0v) is 33.0. The maximum absolute atomic E-state index is 2.67. The summed E-state index contributed by atoms with van der Waals surface area (Å²) in [6.45, 7) is 23.8. The zero-order chi connectivity index (χ0) is 35.1. The summed E-state index contributed by atoms with van der Waals surface area (Å²) in [5.74, 6) is 0. The van der Waals surface area contributed by atoms with Crippen LogP contribution < -0.4 is 0 Å². The van der Waals surface area contributed by atoms with Crippen LogP contribution in [0.2, 0.25) is 13.1 Å². The van der Waals surface area contributed by atoms with Crippen molar-refractivity contribution in [2.75, 3.05) is 0 Å². The summed E-state index contributed by atoms with van der Waals surface area (Å²) >= 11 is 0. The summed E-state index contributed by atoms with van der Waals surface area (Å²) in [6, 6.07) is 32.9. The Morgan fingerprint density at radius 2 is 0.857 bits per heavy atom. The van der Waals surface area contributed by atoms with E-state index < -0.39 is 8.07 Å². The molecule has 0 amide bonds. The molecule has 1 heteroatoms. The van der Waals surface area contributed by atoms with Gasteiger partial charge >= 0.3 is 0 Å². The molecule has 6 rings (SSSR count). The fourth-order valence-electron chi connectivity index (χ4n) is 8.24. The summed E-state index contributed by atoms with van der Waals surface area (Å²) in [5.41, 5.74) is 17.4. The molecule has 0 saturated heterocycles. The van der Waals surface area contributed by atoms with Crippen molar-refractivity contribution in [3.8, 4) is 22.3 Å². The lowest BCUT2D eigenvalue weighted by Gasteiger charge is -2.33. The van der Waals surface area contributed by atoms with Gasteiger partial charge in [0, 0.05) is 12.8 Å². The van der Waals surface area contributed by atoms with E-state index in [1.807, 2.05) is 0 Å². The first-order valence-electron chi connectivity index (χ1n) is 18.9. The van der Waals surface area contributed by atoms with Gasteiger partial charge in [-0.1, -0.05) is 177 Å². The van der Waals surface area contributed by atoms with Crippen molar-refractivity contribution in [2.24, 2.45) is 0 Å². The van der Waals surface area contributed by atoms with Crippen LogP contribution in [0.25, 0.3) is 32.6 Å². The van der Waals surface area contributed by atoms with Crippen LogP contribution in [0.3, 0.4) is 0 Å². The standard InChI is InChI=1S/C48H58Si/c1-11-13-17-37-31-35-19-15-21-41(33-23-27-39(28-24-33)47(3,4)5)43(35)45(37)49(9,10)46-38(18-14-12-2)32-36-20-16-22-42(44(36)46)34-25-29-40(30-26-34)48(6,7)8/h15-16,19-32H,11-14,17-18H2,1-10H3. The van der Waals surface area contributed by atoms with Crippen molar-refractivity contribution in [1.82, 2.24) is 0 Å². The van der Waals surface area contributed by atoms with Crippen LogP contribution in [-0.4, -0.2) is 8.07 Å². The molecule has 4 aromatic carbocycles. The van der Waals surface area contributed by atoms with E-state index in [-0.39, 0.29) is 10.8 Å². The van der Waals surface area contributed by atoms with Gasteiger partial charge in [0.2, 0.25) is 0 Å². The number of rotatable bonds is 10. The number of benzene rings is 4. The van der Waals surface area contributed by atoms with Crippen LogP contribution in [0, 0.1) is 12.8 Å². The van der Waals surface area contributed by atoms with Crippen molar-refractivity contribution >= 4 is 18.5 Å². The second kappa shape index (κ2) is 13.7. The molecule has 0 heterocycles. The Kier molecular flexibility index (Phi) is 9.91. The monoisotopic (exact) mass is 662 g/mol. The predicted molar refractivity (Wildman–Crippen MR) is 218 cm³/mol. The highest BCUT2D eigenvalue weighted by atomic mass is 28.3. The molecule has 0 unspecified atom stereocenters. The van der Waals surface area contributed by atoms with Crippen molar-refractivity contribution in [2.45, 2.75) is 118 Å². The van der Waals surface area contributed by atoms with E-state index in [0.29, 0.717) is 0 Å². The van der Waals surface area contributed by atoms with Crippen molar-refractivity contribution < 1.29 is 0 Å². The van der Waals surface area contributed by atoms with Gasteiger partial charge in [-0.2, -0.15) is 0 Å². The fourth-order valence-corrected chi connectivity index (χ4v) is 12.3. The molecule has 0 nitrogen and oxygen atoms in total. The first-order valence-corrected chi connectivity index (χ1v) is 21.9. The summed E-state index contributed by atoms with van der Waals surface area (Å²) in [4.78, 5) is 0. The van der Waals surface area contributed by atoms with Gasteiger partial charge in [0.25, 0.3) is 0 Å². The van der Waals surface area contributed by atoms with Crippen molar-refractivity contribution in [3.63, 3.8) is 0 Å². The molecule has 0 saturated carbocycles. The maximum Gasteiger partial charge on any atom is 0.113 e. The Morgan fingerprint density at radius 3 is 1.18 bits per heavy atom. The molecule has 2 aliphatic carbocycles. The second-order valence-corrected chi connectivity index (χ2v) is 21.4. The molecule has 0 bridgehead atoms. The van der Waals surface area contributed by atoms with Gasteiger partial charge in [-0.05, 0) is 103 Å². The summed E-state index contributed by atoms with van der Waals surface area (Å²) in [5, 5.41) is 3.32. The summed E-state index contributed by atoms with van der Waals surface area (Å²) in [7, 11) is -2.28. The van der Waals surface area contributed by atoms with Crippen LogP contribution in [0.5, 0.6) is 0 Å². The molecule has 49 heavy (non-hydrogen) atoms. The third kappa shape index (κ3) is 6.85. The number of hydrogen-bond donors (Lipinski definition) is 0. The average Bonchev–Trinajstić information content (AvgIpc) is 3.65. The van der Waals surface area contributed by atoms with Crippen LogP contribution in [0.4, 0.5) is 0 Å². The minimum Gasteiger partial charge on any atom is -0.0654 e. The lowest BCUT2D eigenvalue weighted by molar-refractivity contribution is 0.590. The van der Waals surface area contributed by atoms with Gasteiger partial charge in [0.15, 0.2) is 0 Å². The van der Waals surface area contributed by atoms with Crippen LogP contribution >= 0.6 is 0 Å². The minimum absolute atomic E-state index is 0.136. The van der Waals surface area contributed by atoms with Crippen molar-refractivity contribution in [1.29, 1.82) is 0 Å². The Bertz CT molecular complexity index is 1740. The minimum atomic E-state index is -2.28. The Labute approximate surface area is 299 Å². The van der Waals surface area contributed by atoms with E-state index in [9.17, 15) is 0 Å². The highest BCUT2D eigenvalue weighted by molar-refractivity contribution is 7.09. The first kappa shape index (κ1) is 35.4. The highest BCUT2D eigenvalue weighted by Gasteiger charge is 2.43. The smallest absolute Gasteiger partial charge is 0.0654 e. The Hall–Kier alpha value is -3.42. The molecular weight excluding hydrogens is 605 g/mol. The molecule has 0 atom stereocenters. The topological polar surface area (TPSA) is 0 Å². The fraction of sp³-hybridized carbons (Fsp3) is 0.375. The first-order chi connectivity index (χ1) is 23.3. The molecule has 2 radical (unpaired) electrons. The number of unbranched alkanes of at least 4 members (excludes halogenated alkanes) is 2. The molecule has 2 aliphatic rings. The largest absolute Gasteiger partial charge is 0.113 e. The Balaban J connectivity index is 1.56.